The third-order valence-corrected chi connectivity index (χ3v) is 1.65. The van der Waals surface area contributed by atoms with Crippen molar-refractivity contribution in [1.82, 2.24) is 0 Å². The summed E-state index contributed by atoms with van der Waals surface area (Å²) in [5, 5.41) is 0. The second-order valence-electron chi connectivity index (χ2n) is 3.10. The van der Waals surface area contributed by atoms with Crippen molar-refractivity contribution in [3.63, 3.8) is 0 Å². The average molecular weight is 224 g/mol. The highest BCUT2D eigenvalue weighted by molar-refractivity contribution is 5.81. The standard InChI is InChI=1S/C10H15F3O2/c1-2-3-4-5-8-15-9(14)6-7-10(11,12)13/h6-7H,2-5,8H2,1H3. The van der Waals surface area contributed by atoms with Crippen molar-refractivity contribution in [3.05, 3.63) is 12.2 Å². The molecule has 0 heterocycles. The van der Waals surface area contributed by atoms with Crippen LogP contribution in [0, 0.1) is 0 Å². The number of allylic oxidation sites excluding steroid dienone is 1. The van der Waals surface area contributed by atoms with Crippen molar-refractivity contribution >= 4 is 5.97 Å². The molecule has 0 N–H and O–H groups in total. The first-order valence-electron chi connectivity index (χ1n) is 4.88. The van der Waals surface area contributed by atoms with Gasteiger partial charge in [-0.2, -0.15) is 13.2 Å². The van der Waals surface area contributed by atoms with Gasteiger partial charge in [0.15, 0.2) is 0 Å². The Morgan fingerprint density at radius 3 is 2.47 bits per heavy atom. The van der Waals surface area contributed by atoms with Gasteiger partial charge in [0.2, 0.25) is 0 Å². The summed E-state index contributed by atoms with van der Waals surface area (Å²) in [5.74, 6) is -0.941. The lowest BCUT2D eigenvalue weighted by Crippen LogP contribution is -2.06. The number of carbonyl (C=O) groups excluding carboxylic acids is 1. The zero-order valence-electron chi connectivity index (χ0n) is 8.64. The van der Waals surface area contributed by atoms with E-state index in [2.05, 4.69) is 4.74 Å². The number of alkyl halides is 3. The molecule has 0 aliphatic carbocycles. The minimum absolute atomic E-state index is 0.124. The summed E-state index contributed by atoms with van der Waals surface area (Å²) in [6, 6.07) is 0. The average Bonchev–Trinajstić information content (AvgIpc) is 2.13. The van der Waals surface area contributed by atoms with Crippen LogP contribution in [0.25, 0.3) is 0 Å². The van der Waals surface area contributed by atoms with E-state index >= 15 is 0 Å². The molecule has 0 saturated heterocycles. The minimum atomic E-state index is -4.46. The molecule has 88 valence electrons. The van der Waals surface area contributed by atoms with Crippen molar-refractivity contribution < 1.29 is 22.7 Å². The van der Waals surface area contributed by atoms with Crippen molar-refractivity contribution in [2.45, 2.75) is 38.8 Å². The molecule has 0 fully saturated rings. The summed E-state index contributed by atoms with van der Waals surface area (Å²) in [7, 11) is 0. The SMILES string of the molecule is CCCCCCOC(=O)C=CC(F)(F)F. The van der Waals surface area contributed by atoms with Crippen molar-refractivity contribution in [3.8, 4) is 0 Å². The molecule has 0 atom stereocenters. The number of hydrogen-bond donors (Lipinski definition) is 0. The van der Waals surface area contributed by atoms with Crippen LogP contribution in [0.4, 0.5) is 13.2 Å². The highest BCUT2D eigenvalue weighted by atomic mass is 19.4. The third-order valence-electron chi connectivity index (χ3n) is 1.65. The third kappa shape index (κ3) is 10.9. The zero-order chi connectivity index (χ0) is 11.7. The highest BCUT2D eigenvalue weighted by Gasteiger charge is 2.22. The van der Waals surface area contributed by atoms with Crippen LogP contribution >= 0.6 is 0 Å². The van der Waals surface area contributed by atoms with Crippen LogP contribution in [-0.2, 0) is 9.53 Å². The molecule has 0 saturated carbocycles. The van der Waals surface area contributed by atoms with Crippen LogP contribution in [0.15, 0.2) is 12.2 Å². The van der Waals surface area contributed by atoms with E-state index in [4.69, 9.17) is 0 Å². The van der Waals surface area contributed by atoms with Gasteiger partial charge in [-0.1, -0.05) is 26.2 Å². The molecule has 0 aromatic rings. The van der Waals surface area contributed by atoms with E-state index in [1.54, 1.807) is 0 Å². The molecule has 2 nitrogen and oxygen atoms in total. The predicted molar refractivity (Wildman–Crippen MR) is 50.3 cm³/mol. The van der Waals surface area contributed by atoms with E-state index < -0.39 is 12.1 Å². The molecule has 0 aliphatic rings. The van der Waals surface area contributed by atoms with E-state index in [0.29, 0.717) is 12.5 Å². The lowest BCUT2D eigenvalue weighted by Gasteiger charge is -2.01. The fourth-order valence-corrected chi connectivity index (χ4v) is 0.912. The maximum atomic E-state index is 11.6. The van der Waals surface area contributed by atoms with Gasteiger partial charge in [0.1, 0.15) is 0 Å². The number of ether oxygens (including phenoxy) is 1. The number of carbonyl (C=O) groups is 1. The van der Waals surface area contributed by atoms with Crippen molar-refractivity contribution in [1.29, 1.82) is 0 Å². The largest absolute Gasteiger partial charge is 0.463 e. The summed E-state index contributed by atoms with van der Waals surface area (Å²) in [5.41, 5.74) is 0. The van der Waals surface area contributed by atoms with Crippen LogP contribution in [0.1, 0.15) is 32.6 Å². The molecule has 0 bridgehead atoms. The summed E-state index contributed by atoms with van der Waals surface area (Å²) in [6.45, 7) is 2.22. The smallest absolute Gasteiger partial charge is 0.410 e. The van der Waals surface area contributed by atoms with Gasteiger partial charge in [0.25, 0.3) is 0 Å². The predicted octanol–water partition coefficient (Wildman–Crippen LogP) is 3.23. The summed E-state index contributed by atoms with van der Waals surface area (Å²) in [4.78, 5) is 10.7. The summed E-state index contributed by atoms with van der Waals surface area (Å²) < 4.78 is 39.4. The van der Waals surface area contributed by atoms with Crippen LogP contribution in [0.5, 0.6) is 0 Å². The van der Waals surface area contributed by atoms with Crippen LogP contribution in [-0.4, -0.2) is 18.8 Å². The van der Waals surface area contributed by atoms with Crippen LogP contribution < -0.4 is 0 Å². The van der Waals surface area contributed by atoms with Gasteiger partial charge >= 0.3 is 12.1 Å². The molecule has 5 heteroatoms. The molecule has 0 aromatic heterocycles. The number of esters is 1. The van der Waals surface area contributed by atoms with E-state index in [9.17, 15) is 18.0 Å². The van der Waals surface area contributed by atoms with Gasteiger partial charge in [0.05, 0.1) is 6.61 Å². The quantitative estimate of drug-likeness (QED) is 0.393. The normalized spacial score (nSPS) is 12.0. The lowest BCUT2D eigenvalue weighted by atomic mass is 10.2. The Morgan fingerprint density at radius 2 is 1.93 bits per heavy atom. The molecule has 0 aromatic carbocycles. The first kappa shape index (κ1) is 14.0. The van der Waals surface area contributed by atoms with Crippen LogP contribution in [0.2, 0.25) is 0 Å². The highest BCUT2D eigenvalue weighted by Crippen LogP contribution is 2.15. The number of rotatable bonds is 6. The molecular weight excluding hydrogens is 209 g/mol. The second kappa shape index (κ2) is 7.31. The fourth-order valence-electron chi connectivity index (χ4n) is 0.912. The molecule has 0 rings (SSSR count). The molecular formula is C10H15F3O2. The van der Waals surface area contributed by atoms with Gasteiger partial charge < -0.3 is 4.74 Å². The Kier molecular flexibility index (Phi) is 6.83. The first-order chi connectivity index (χ1) is 6.95. The molecule has 0 spiro atoms. The van der Waals surface area contributed by atoms with E-state index in [1.165, 1.54) is 0 Å². The summed E-state index contributed by atoms with van der Waals surface area (Å²) >= 11 is 0. The molecule has 0 unspecified atom stereocenters. The molecule has 15 heavy (non-hydrogen) atoms. The Hall–Kier alpha value is -1.00. The van der Waals surface area contributed by atoms with Gasteiger partial charge in [-0.3, -0.25) is 0 Å². The maximum absolute atomic E-state index is 11.6. The van der Waals surface area contributed by atoms with Gasteiger partial charge in [-0.25, -0.2) is 4.79 Å². The van der Waals surface area contributed by atoms with Gasteiger partial charge in [0, 0.05) is 12.2 Å². The molecule has 0 amide bonds. The van der Waals surface area contributed by atoms with Gasteiger partial charge in [-0.15, -0.1) is 0 Å². The first-order valence-corrected chi connectivity index (χ1v) is 4.88. The van der Waals surface area contributed by atoms with E-state index in [-0.39, 0.29) is 12.7 Å². The number of hydrogen-bond acceptors (Lipinski definition) is 2. The van der Waals surface area contributed by atoms with E-state index in [0.717, 1.165) is 19.3 Å². The Morgan fingerprint density at radius 1 is 1.27 bits per heavy atom. The minimum Gasteiger partial charge on any atom is -0.463 e. The van der Waals surface area contributed by atoms with E-state index in [1.807, 2.05) is 6.92 Å². The van der Waals surface area contributed by atoms with Gasteiger partial charge in [-0.05, 0) is 6.42 Å². The Bertz CT molecular complexity index is 209. The monoisotopic (exact) mass is 224 g/mol. The second-order valence-corrected chi connectivity index (χ2v) is 3.10. The zero-order valence-corrected chi connectivity index (χ0v) is 8.64. The lowest BCUT2D eigenvalue weighted by molar-refractivity contribution is -0.138. The number of unbranched alkanes of at least 4 members (excludes halogenated alkanes) is 3. The molecule has 0 aliphatic heterocycles. The molecule has 0 radical (unpaired) electrons. The number of halogens is 3. The fraction of sp³-hybridized carbons (Fsp3) is 0.700. The summed E-state index contributed by atoms with van der Waals surface area (Å²) in [6.07, 6.45) is -0.466. The van der Waals surface area contributed by atoms with Crippen molar-refractivity contribution in [2.24, 2.45) is 0 Å². The van der Waals surface area contributed by atoms with Crippen LogP contribution in [0.3, 0.4) is 0 Å². The Labute approximate surface area is 87.1 Å². The maximum Gasteiger partial charge on any atom is 0.410 e. The van der Waals surface area contributed by atoms with Crippen molar-refractivity contribution in [2.75, 3.05) is 6.61 Å². The topological polar surface area (TPSA) is 26.3 Å². The Balaban J connectivity index is 3.54.